The molecule has 0 saturated heterocycles. The summed E-state index contributed by atoms with van der Waals surface area (Å²) >= 11 is 11.8. The van der Waals surface area contributed by atoms with Crippen molar-refractivity contribution in [3.05, 3.63) is 58.4 Å². The quantitative estimate of drug-likeness (QED) is 0.719. The van der Waals surface area contributed by atoms with E-state index in [0.717, 1.165) is 11.3 Å². The first-order valence-corrected chi connectivity index (χ1v) is 8.02. The Morgan fingerprint density at radius 1 is 1.20 bits per heavy atom. The molecule has 1 aromatic heterocycles. The zero-order valence-electron chi connectivity index (χ0n) is 13.1. The predicted molar refractivity (Wildman–Crippen MR) is 95.1 cm³/mol. The summed E-state index contributed by atoms with van der Waals surface area (Å²) in [6.07, 6.45) is -0.0674. The number of hydrogen-bond donors (Lipinski definition) is 1. The fourth-order valence-corrected chi connectivity index (χ4v) is 2.56. The normalized spacial score (nSPS) is 10.5. The Morgan fingerprint density at radius 2 is 1.96 bits per heavy atom. The summed E-state index contributed by atoms with van der Waals surface area (Å²) in [5, 5.41) is 7.40. The van der Waals surface area contributed by atoms with Crippen molar-refractivity contribution in [3.63, 3.8) is 0 Å². The first kappa shape index (κ1) is 17.3. The number of methoxy groups -OCH3 is 1. The predicted octanol–water partition coefficient (Wildman–Crippen LogP) is 4.23. The highest BCUT2D eigenvalue weighted by atomic mass is 35.5. The van der Waals surface area contributed by atoms with Crippen LogP contribution in [0.25, 0.3) is 11.4 Å². The fourth-order valence-electron chi connectivity index (χ4n) is 2.11. The van der Waals surface area contributed by atoms with Crippen LogP contribution in [0, 0.1) is 0 Å². The van der Waals surface area contributed by atoms with Gasteiger partial charge in [0.25, 0.3) is 0 Å². The third-order valence-electron chi connectivity index (χ3n) is 3.33. The number of carbonyl (C=O) groups is 1. The van der Waals surface area contributed by atoms with Crippen molar-refractivity contribution in [2.24, 2.45) is 0 Å². The van der Waals surface area contributed by atoms with Gasteiger partial charge >= 0.3 is 0 Å². The topological polar surface area (TPSA) is 77.2 Å². The highest BCUT2D eigenvalue weighted by Crippen LogP contribution is 2.25. The van der Waals surface area contributed by atoms with E-state index in [4.69, 9.17) is 32.5 Å². The van der Waals surface area contributed by atoms with Crippen molar-refractivity contribution < 1.29 is 14.1 Å². The van der Waals surface area contributed by atoms with Crippen LogP contribution in [0.3, 0.4) is 0 Å². The van der Waals surface area contributed by atoms with Gasteiger partial charge in [0.15, 0.2) is 0 Å². The lowest BCUT2D eigenvalue weighted by molar-refractivity contribution is -0.115. The molecule has 0 saturated carbocycles. The molecule has 0 aliphatic heterocycles. The molecule has 2 aromatic carbocycles. The third kappa shape index (κ3) is 4.29. The summed E-state index contributed by atoms with van der Waals surface area (Å²) in [5.41, 5.74) is 1.22. The van der Waals surface area contributed by atoms with Crippen LogP contribution in [0.15, 0.2) is 47.0 Å². The Balaban J connectivity index is 1.67. The molecule has 0 atom stereocenters. The number of aromatic nitrogens is 2. The standard InChI is InChI=1S/C17H13Cl2N3O3/c1-24-12-5-2-10(3-6-12)17-21-16(25-22-17)9-15(23)20-14-7-4-11(18)8-13(14)19/h2-8H,9H2,1H3,(H,20,23). The third-order valence-corrected chi connectivity index (χ3v) is 3.88. The number of halogens is 2. The molecule has 6 nitrogen and oxygen atoms in total. The second-order valence-electron chi connectivity index (χ2n) is 5.09. The Kier molecular flexibility index (Phi) is 5.21. The van der Waals surface area contributed by atoms with E-state index in [1.165, 1.54) is 0 Å². The SMILES string of the molecule is COc1ccc(-c2noc(CC(=O)Nc3ccc(Cl)cc3Cl)n2)cc1. The molecular formula is C17H13Cl2N3O3. The molecule has 0 unspecified atom stereocenters. The molecular weight excluding hydrogens is 365 g/mol. The second kappa shape index (κ2) is 7.55. The van der Waals surface area contributed by atoms with Crippen molar-refractivity contribution in [1.29, 1.82) is 0 Å². The van der Waals surface area contributed by atoms with Crippen molar-refractivity contribution in [3.8, 4) is 17.1 Å². The van der Waals surface area contributed by atoms with Crippen LogP contribution < -0.4 is 10.1 Å². The number of hydrogen-bond acceptors (Lipinski definition) is 5. The summed E-state index contributed by atoms with van der Waals surface area (Å²) in [6.45, 7) is 0. The van der Waals surface area contributed by atoms with Gasteiger partial charge < -0.3 is 14.6 Å². The summed E-state index contributed by atoms with van der Waals surface area (Å²) in [4.78, 5) is 16.3. The van der Waals surface area contributed by atoms with Crippen molar-refractivity contribution >= 4 is 34.8 Å². The molecule has 128 valence electrons. The second-order valence-corrected chi connectivity index (χ2v) is 5.93. The van der Waals surface area contributed by atoms with Crippen molar-refractivity contribution in [1.82, 2.24) is 10.1 Å². The number of carbonyl (C=O) groups excluding carboxylic acids is 1. The zero-order chi connectivity index (χ0) is 17.8. The van der Waals surface area contributed by atoms with Crippen molar-refractivity contribution in [2.75, 3.05) is 12.4 Å². The van der Waals surface area contributed by atoms with Crippen LogP contribution in [0.5, 0.6) is 5.75 Å². The maximum Gasteiger partial charge on any atom is 0.236 e. The summed E-state index contributed by atoms with van der Waals surface area (Å²) in [6, 6.07) is 12.0. The summed E-state index contributed by atoms with van der Waals surface area (Å²) < 4.78 is 10.2. The van der Waals surface area contributed by atoms with Gasteiger partial charge in [0.1, 0.15) is 12.2 Å². The van der Waals surface area contributed by atoms with Crippen LogP contribution in [0.2, 0.25) is 10.0 Å². The smallest absolute Gasteiger partial charge is 0.236 e. The first-order valence-electron chi connectivity index (χ1n) is 7.27. The molecule has 25 heavy (non-hydrogen) atoms. The number of ether oxygens (including phenoxy) is 1. The van der Waals surface area contributed by atoms with Gasteiger partial charge in [0.2, 0.25) is 17.6 Å². The van der Waals surface area contributed by atoms with Gasteiger partial charge in [-0.2, -0.15) is 4.98 Å². The van der Waals surface area contributed by atoms with Gasteiger partial charge in [-0.05, 0) is 42.5 Å². The van der Waals surface area contributed by atoms with E-state index in [1.54, 1.807) is 49.6 Å². The van der Waals surface area contributed by atoms with Crippen LogP contribution >= 0.6 is 23.2 Å². The van der Waals surface area contributed by atoms with Crippen LogP contribution in [0.4, 0.5) is 5.69 Å². The number of nitrogens with one attached hydrogen (secondary N) is 1. The lowest BCUT2D eigenvalue weighted by Crippen LogP contribution is -2.14. The molecule has 1 heterocycles. The van der Waals surface area contributed by atoms with Crippen LogP contribution in [0.1, 0.15) is 5.89 Å². The Morgan fingerprint density at radius 3 is 2.64 bits per heavy atom. The molecule has 1 amide bonds. The van der Waals surface area contributed by atoms with Crippen molar-refractivity contribution in [2.45, 2.75) is 6.42 Å². The molecule has 0 bridgehead atoms. The molecule has 0 aliphatic rings. The first-order chi connectivity index (χ1) is 12.0. The van der Waals surface area contributed by atoms with Gasteiger partial charge in [-0.25, -0.2) is 0 Å². The lowest BCUT2D eigenvalue weighted by atomic mass is 10.2. The van der Waals surface area contributed by atoms with E-state index < -0.39 is 0 Å². The molecule has 0 spiro atoms. The molecule has 0 radical (unpaired) electrons. The molecule has 0 fully saturated rings. The molecule has 3 rings (SSSR count). The van der Waals surface area contributed by atoms with E-state index >= 15 is 0 Å². The van der Waals surface area contributed by atoms with E-state index in [1.807, 2.05) is 0 Å². The lowest BCUT2D eigenvalue weighted by Gasteiger charge is -2.05. The minimum absolute atomic E-state index is 0.0674. The molecule has 3 aromatic rings. The molecule has 1 N–H and O–H groups in total. The average molecular weight is 378 g/mol. The van der Waals surface area contributed by atoms with E-state index in [2.05, 4.69) is 15.5 Å². The average Bonchev–Trinajstić information content (AvgIpc) is 3.06. The van der Waals surface area contributed by atoms with Gasteiger partial charge in [-0.3, -0.25) is 4.79 Å². The highest BCUT2D eigenvalue weighted by Gasteiger charge is 2.14. The fraction of sp³-hybridized carbons (Fsp3) is 0.118. The number of benzene rings is 2. The van der Waals surface area contributed by atoms with Gasteiger partial charge in [-0.1, -0.05) is 28.4 Å². The zero-order valence-corrected chi connectivity index (χ0v) is 14.6. The Hall–Kier alpha value is -2.57. The number of nitrogens with zero attached hydrogens (tertiary/aromatic N) is 2. The summed E-state index contributed by atoms with van der Waals surface area (Å²) in [7, 11) is 1.59. The monoisotopic (exact) mass is 377 g/mol. The van der Waals surface area contributed by atoms with Gasteiger partial charge in [0.05, 0.1) is 17.8 Å². The Bertz CT molecular complexity index is 894. The molecule has 0 aliphatic carbocycles. The van der Waals surface area contributed by atoms with E-state index in [9.17, 15) is 4.79 Å². The van der Waals surface area contributed by atoms with Crippen LogP contribution in [-0.2, 0) is 11.2 Å². The summed E-state index contributed by atoms with van der Waals surface area (Å²) in [5.74, 6) is 1.00. The van der Waals surface area contributed by atoms with Gasteiger partial charge in [-0.15, -0.1) is 0 Å². The van der Waals surface area contributed by atoms with E-state index in [-0.39, 0.29) is 18.2 Å². The maximum atomic E-state index is 12.1. The minimum atomic E-state index is -0.325. The number of rotatable bonds is 5. The largest absolute Gasteiger partial charge is 0.497 e. The van der Waals surface area contributed by atoms with E-state index in [0.29, 0.717) is 21.6 Å². The highest BCUT2D eigenvalue weighted by molar-refractivity contribution is 6.36. The Labute approximate surface area is 153 Å². The minimum Gasteiger partial charge on any atom is -0.497 e. The van der Waals surface area contributed by atoms with Gasteiger partial charge in [0, 0.05) is 10.6 Å². The molecule has 8 heteroatoms. The maximum absolute atomic E-state index is 12.1. The van der Waals surface area contributed by atoms with Crippen LogP contribution in [-0.4, -0.2) is 23.2 Å². The number of anilines is 1. The number of amides is 1.